The molecule has 0 aromatic heterocycles. The Bertz CT molecular complexity index is 442. The Morgan fingerprint density at radius 3 is 2.41 bits per heavy atom. The van der Waals surface area contributed by atoms with E-state index in [0.29, 0.717) is 13.0 Å². The summed E-state index contributed by atoms with van der Waals surface area (Å²) in [6, 6.07) is 6.21. The molecule has 0 aliphatic carbocycles. The number of aliphatic hydroxyl groups excluding tert-OH is 1. The fraction of sp³-hybridized carbons (Fsp3) is 0.455. The van der Waals surface area contributed by atoms with Crippen molar-refractivity contribution < 1.29 is 13.5 Å². The number of hydrogen-bond donors (Lipinski definition) is 3. The minimum atomic E-state index is -3.63. The first-order valence-electron chi connectivity index (χ1n) is 5.48. The maximum atomic E-state index is 11.0. The summed E-state index contributed by atoms with van der Waals surface area (Å²) in [6.07, 6.45) is 1.09. The summed E-state index contributed by atoms with van der Waals surface area (Å²) in [7, 11) is -3.63. The predicted octanol–water partition coefficient (Wildman–Crippen LogP) is 0.907. The molecule has 1 atom stereocenters. The Morgan fingerprint density at radius 1 is 1.35 bits per heavy atom. The fourth-order valence-corrected chi connectivity index (χ4v) is 1.87. The van der Waals surface area contributed by atoms with E-state index in [1.807, 2.05) is 6.92 Å². The van der Waals surface area contributed by atoms with Crippen molar-refractivity contribution in [3.05, 3.63) is 24.3 Å². The highest BCUT2D eigenvalue weighted by atomic mass is 32.2. The maximum absolute atomic E-state index is 11.0. The molecule has 4 N–H and O–H groups in total. The molecule has 0 aliphatic heterocycles. The Labute approximate surface area is 102 Å². The van der Waals surface area contributed by atoms with Crippen molar-refractivity contribution in [3.8, 4) is 0 Å². The van der Waals surface area contributed by atoms with Crippen molar-refractivity contribution in [2.75, 3.05) is 11.9 Å². The Morgan fingerprint density at radius 2 is 1.94 bits per heavy atom. The lowest BCUT2D eigenvalue weighted by molar-refractivity contribution is 0.164. The van der Waals surface area contributed by atoms with E-state index in [4.69, 9.17) is 5.14 Å². The van der Waals surface area contributed by atoms with Gasteiger partial charge < -0.3 is 10.4 Å². The van der Waals surface area contributed by atoms with E-state index in [0.717, 1.165) is 12.1 Å². The number of primary sulfonamides is 1. The summed E-state index contributed by atoms with van der Waals surface area (Å²) in [5, 5.41) is 17.4. The SMILES string of the molecule is CCC(O)CCNc1ccc(S(N)(=O)=O)cc1. The monoisotopic (exact) mass is 258 g/mol. The Hall–Kier alpha value is -1.11. The lowest BCUT2D eigenvalue weighted by Gasteiger charge is -2.10. The molecule has 0 bridgehead atoms. The van der Waals surface area contributed by atoms with Gasteiger partial charge in [0, 0.05) is 12.2 Å². The van der Waals surface area contributed by atoms with E-state index in [9.17, 15) is 13.5 Å². The van der Waals surface area contributed by atoms with Crippen molar-refractivity contribution >= 4 is 15.7 Å². The molecule has 1 rings (SSSR count). The average Bonchev–Trinajstić information content (AvgIpc) is 2.28. The van der Waals surface area contributed by atoms with Gasteiger partial charge in [-0.05, 0) is 37.1 Å². The summed E-state index contributed by atoms with van der Waals surface area (Å²) in [5.41, 5.74) is 0.806. The number of rotatable bonds is 6. The van der Waals surface area contributed by atoms with Crippen LogP contribution in [0, 0.1) is 0 Å². The molecule has 0 saturated heterocycles. The van der Waals surface area contributed by atoms with Crippen LogP contribution in [0.5, 0.6) is 0 Å². The van der Waals surface area contributed by atoms with Crippen LogP contribution in [0.1, 0.15) is 19.8 Å². The third kappa shape index (κ3) is 4.72. The van der Waals surface area contributed by atoms with Crippen molar-refractivity contribution in [1.29, 1.82) is 0 Å². The van der Waals surface area contributed by atoms with E-state index < -0.39 is 10.0 Å². The summed E-state index contributed by atoms with van der Waals surface area (Å²) in [5.74, 6) is 0. The lowest BCUT2D eigenvalue weighted by Crippen LogP contribution is -2.13. The third-order valence-corrected chi connectivity index (χ3v) is 3.39. The number of anilines is 1. The van der Waals surface area contributed by atoms with Crippen molar-refractivity contribution in [1.82, 2.24) is 0 Å². The number of aliphatic hydroxyl groups is 1. The molecule has 0 fully saturated rings. The fourth-order valence-electron chi connectivity index (χ4n) is 1.35. The highest BCUT2D eigenvalue weighted by Gasteiger charge is 2.06. The van der Waals surface area contributed by atoms with Gasteiger partial charge in [0.25, 0.3) is 0 Å². The molecule has 0 saturated carbocycles. The van der Waals surface area contributed by atoms with E-state index >= 15 is 0 Å². The molecule has 6 heteroatoms. The Balaban J connectivity index is 2.52. The first-order valence-corrected chi connectivity index (χ1v) is 7.03. The van der Waals surface area contributed by atoms with Gasteiger partial charge >= 0.3 is 0 Å². The third-order valence-electron chi connectivity index (χ3n) is 2.46. The van der Waals surface area contributed by atoms with Gasteiger partial charge in [-0.3, -0.25) is 0 Å². The van der Waals surface area contributed by atoms with Crippen molar-refractivity contribution in [2.24, 2.45) is 5.14 Å². The summed E-state index contributed by atoms with van der Waals surface area (Å²) < 4.78 is 22.0. The molecule has 1 aromatic rings. The standard InChI is InChI=1S/C11H18N2O3S/c1-2-10(14)7-8-13-9-3-5-11(6-4-9)17(12,15)16/h3-6,10,13-14H,2,7-8H2,1H3,(H2,12,15,16). The largest absolute Gasteiger partial charge is 0.393 e. The summed E-state index contributed by atoms with van der Waals surface area (Å²) in [4.78, 5) is 0.0941. The zero-order chi connectivity index (χ0) is 12.9. The van der Waals surface area contributed by atoms with Crippen LogP contribution >= 0.6 is 0 Å². The highest BCUT2D eigenvalue weighted by Crippen LogP contribution is 2.12. The molecule has 17 heavy (non-hydrogen) atoms. The Kier molecular flexibility index (Phi) is 4.92. The summed E-state index contributed by atoms with van der Waals surface area (Å²) in [6.45, 7) is 2.56. The minimum Gasteiger partial charge on any atom is -0.393 e. The highest BCUT2D eigenvalue weighted by molar-refractivity contribution is 7.89. The van der Waals surface area contributed by atoms with Gasteiger partial charge in [0.05, 0.1) is 11.0 Å². The second kappa shape index (κ2) is 6.00. The molecule has 1 unspecified atom stereocenters. The molecule has 0 amide bonds. The van der Waals surface area contributed by atoms with Gasteiger partial charge in [0.15, 0.2) is 0 Å². The van der Waals surface area contributed by atoms with Crippen LogP contribution in [0.3, 0.4) is 0 Å². The minimum absolute atomic E-state index is 0.0941. The molecule has 96 valence electrons. The zero-order valence-corrected chi connectivity index (χ0v) is 10.6. The molecule has 0 spiro atoms. The molecular formula is C11H18N2O3S. The average molecular weight is 258 g/mol. The van der Waals surface area contributed by atoms with E-state index in [1.54, 1.807) is 12.1 Å². The molecular weight excluding hydrogens is 240 g/mol. The van der Waals surface area contributed by atoms with Crippen LogP contribution in [0.25, 0.3) is 0 Å². The van der Waals surface area contributed by atoms with Crippen LogP contribution in [0.15, 0.2) is 29.2 Å². The predicted molar refractivity (Wildman–Crippen MR) is 67.2 cm³/mol. The van der Waals surface area contributed by atoms with E-state index in [2.05, 4.69) is 5.32 Å². The number of benzene rings is 1. The number of sulfonamides is 1. The van der Waals surface area contributed by atoms with Crippen LogP contribution in [-0.2, 0) is 10.0 Å². The number of nitrogens with one attached hydrogen (secondary N) is 1. The van der Waals surface area contributed by atoms with Crippen LogP contribution in [0.2, 0.25) is 0 Å². The number of hydrogen-bond acceptors (Lipinski definition) is 4. The second-order valence-corrected chi connectivity index (χ2v) is 5.41. The molecule has 1 aromatic carbocycles. The normalized spacial score (nSPS) is 13.4. The maximum Gasteiger partial charge on any atom is 0.238 e. The first kappa shape index (κ1) is 14.0. The first-order chi connectivity index (χ1) is 7.93. The second-order valence-electron chi connectivity index (χ2n) is 3.85. The van der Waals surface area contributed by atoms with Crippen LogP contribution in [-0.4, -0.2) is 26.2 Å². The lowest BCUT2D eigenvalue weighted by atomic mass is 10.2. The van der Waals surface area contributed by atoms with Crippen LogP contribution in [0.4, 0.5) is 5.69 Å². The summed E-state index contributed by atoms with van der Waals surface area (Å²) >= 11 is 0. The van der Waals surface area contributed by atoms with Crippen molar-refractivity contribution in [2.45, 2.75) is 30.8 Å². The molecule has 0 heterocycles. The number of nitrogens with two attached hydrogens (primary N) is 1. The topological polar surface area (TPSA) is 92.4 Å². The van der Waals surface area contributed by atoms with E-state index in [-0.39, 0.29) is 11.0 Å². The smallest absolute Gasteiger partial charge is 0.238 e. The quantitative estimate of drug-likeness (QED) is 0.707. The molecule has 0 radical (unpaired) electrons. The van der Waals surface area contributed by atoms with Gasteiger partial charge in [-0.1, -0.05) is 6.92 Å². The van der Waals surface area contributed by atoms with Crippen LogP contribution < -0.4 is 10.5 Å². The van der Waals surface area contributed by atoms with Gasteiger partial charge in [-0.2, -0.15) is 0 Å². The molecule has 0 aliphatic rings. The van der Waals surface area contributed by atoms with Gasteiger partial charge in [-0.15, -0.1) is 0 Å². The van der Waals surface area contributed by atoms with Crippen molar-refractivity contribution in [3.63, 3.8) is 0 Å². The zero-order valence-electron chi connectivity index (χ0n) is 9.76. The molecule has 5 nitrogen and oxygen atoms in total. The van der Waals surface area contributed by atoms with Gasteiger partial charge in [0.1, 0.15) is 0 Å². The van der Waals surface area contributed by atoms with E-state index in [1.165, 1.54) is 12.1 Å². The van der Waals surface area contributed by atoms with Gasteiger partial charge in [-0.25, -0.2) is 13.6 Å². The van der Waals surface area contributed by atoms with Gasteiger partial charge in [0.2, 0.25) is 10.0 Å².